The van der Waals surface area contributed by atoms with Crippen LogP contribution >= 0.6 is 11.5 Å². The molecule has 0 amide bonds. The molecule has 0 saturated heterocycles. The fraction of sp³-hybridized carbons (Fsp3) is 0.818. The van der Waals surface area contributed by atoms with Gasteiger partial charge in [0.2, 0.25) is 0 Å². The van der Waals surface area contributed by atoms with Crippen LogP contribution in [0.25, 0.3) is 0 Å². The van der Waals surface area contributed by atoms with Crippen LogP contribution in [-0.2, 0) is 11.3 Å². The van der Waals surface area contributed by atoms with Gasteiger partial charge in [-0.15, -0.1) is 5.10 Å². The van der Waals surface area contributed by atoms with E-state index in [2.05, 4.69) is 42.6 Å². The summed E-state index contributed by atoms with van der Waals surface area (Å²) in [6.45, 7) is 9.92. The van der Waals surface area contributed by atoms with E-state index in [1.807, 2.05) is 0 Å². The zero-order valence-electron chi connectivity index (χ0n) is 10.5. The summed E-state index contributed by atoms with van der Waals surface area (Å²) in [5, 5.41) is 8.43. The van der Waals surface area contributed by atoms with Gasteiger partial charge in [0, 0.05) is 18.1 Å². The monoisotopic (exact) mass is 243 g/mol. The molecule has 0 unspecified atom stereocenters. The molecule has 4 nitrogen and oxygen atoms in total. The molecular weight excluding hydrogens is 222 g/mol. The lowest BCUT2D eigenvalue weighted by molar-refractivity contribution is -0.0327. The number of nitrogens with zero attached hydrogens (tertiary/aromatic N) is 2. The van der Waals surface area contributed by atoms with E-state index >= 15 is 0 Å². The Balaban J connectivity index is 2.50. The van der Waals surface area contributed by atoms with E-state index in [4.69, 9.17) is 4.74 Å². The Morgan fingerprint density at radius 3 is 2.75 bits per heavy atom. The van der Waals surface area contributed by atoms with Gasteiger partial charge in [-0.05, 0) is 26.7 Å². The Morgan fingerprint density at radius 2 is 2.12 bits per heavy atom. The van der Waals surface area contributed by atoms with Gasteiger partial charge in [-0.3, -0.25) is 0 Å². The summed E-state index contributed by atoms with van der Waals surface area (Å²) in [6.07, 6.45) is 2.08. The summed E-state index contributed by atoms with van der Waals surface area (Å²) >= 11 is 1.40. The number of nitrogens with one attached hydrogen (secondary N) is 1. The molecule has 0 atom stereocenters. The van der Waals surface area contributed by atoms with Gasteiger partial charge in [-0.25, -0.2) is 0 Å². The SMILES string of the molecule is CCCNc1snnc1COC(C)(C)CC. The molecule has 1 heterocycles. The maximum absolute atomic E-state index is 5.81. The van der Waals surface area contributed by atoms with Gasteiger partial charge in [0.05, 0.1) is 12.2 Å². The Bertz CT molecular complexity index is 312. The highest BCUT2D eigenvalue weighted by Crippen LogP contribution is 2.22. The highest BCUT2D eigenvalue weighted by atomic mass is 32.1. The predicted molar refractivity (Wildman–Crippen MR) is 67.8 cm³/mol. The Morgan fingerprint density at radius 1 is 1.38 bits per heavy atom. The van der Waals surface area contributed by atoms with Crippen LogP contribution in [0.15, 0.2) is 0 Å². The molecule has 0 aliphatic rings. The zero-order valence-corrected chi connectivity index (χ0v) is 11.4. The minimum absolute atomic E-state index is 0.0916. The number of ether oxygens (including phenoxy) is 1. The quantitative estimate of drug-likeness (QED) is 0.799. The molecule has 0 radical (unpaired) electrons. The lowest BCUT2D eigenvalue weighted by atomic mass is 10.1. The lowest BCUT2D eigenvalue weighted by Gasteiger charge is -2.22. The van der Waals surface area contributed by atoms with Crippen molar-refractivity contribution in [2.45, 2.75) is 52.7 Å². The first-order valence-corrected chi connectivity index (χ1v) is 6.55. The lowest BCUT2D eigenvalue weighted by Crippen LogP contribution is -2.23. The van der Waals surface area contributed by atoms with Crippen molar-refractivity contribution in [3.05, 3.63) is 5.69 Å². The first-order chi connectivity index (χ1) is 7.59. The number of hydrogen-bond donors (Lipinski definition) is 1. The fourth-order valence-electron chi connectivity index (χ4n) is 1.04. The van der Waals surface area contributed by atoms with E-state index in [-0.39, 0.29) is 5.60 Å². The molecule has 1 aromatic heterocycles. The van der Waals surface area contributed by atoms with Crippen LogP contribution in [0.1, 0.15) is 46.2 Å². The van der Waals surface area contributed by atoms with Gasteiger partial charge in [-0.2, -0.15) is 0 Å². The van der Waals surface area contributed by atoms with E-state index in [9.17, 15) is 0 Å². The summed E-state index contributed by atoms with van der Waals surface area (Å²) in [6, 6.07) is 0. The van der Waals surface area contributed by atoms with Gasteiger partial charge in [0.15, 0.2) is 0 Å². The van der Waals surface area contributed by atoms with Crippen molar-refractivity contribution in [1.29, 1.82) is 0 Å². The standard InChI is InChI=1S/C11H21N3OS/c1-5-7-12-10-9(13-14-16-10)8-15-11(3,4)6-2/h12H,5-8H2,1-4H3. The van der Waals surface area contributed by atoms with E-state index in [0.717, 1.165) is 30.1 Å². The molecule has 5 heteroatoms. The second-order valence-electron chi connectivity index (χ2n) is 4.38. The van der Waals surface area contributed by atoms with Gasteiger partial charge in [0.1, 0.15) is 10.7 Å². The summed E-state index contributed by atoms with van der Waals surface area (Å²) in [5.74, 6) is 0. The molecule has 0 aliphatic heterocycles. The second kappa shape index (κ2) is 6.15. The number of aromatic nitrogens is 2. The molecule has 1 aromatic rings. The van der Waals surface area contributed by atoms with E-state index in [1.165, 1.54) is 11.5 Å². The summed E-state index contributed by atoms with van der Waals surface area (Å²) in [7, 11) is 0. The molecular formula is C11H21N3OS. The molecule has 1 N–H and O–H groups in total. The number of hydrogen-bond acceptors (Lipinski definition) is 5. The minimum atomic E-state index is -0.0916. The van der Waals surface area contributed by atoms with Crippen molar-refractivity contribution < 1.29 is 4.74 Å². The third kappa shape index (κ3) is 4.06. The molecule has 1 rings (SSSR count). The van der Waals surface area contributed by atoms with E-state index in [0.29, 0.717) is 6.61 Å². The normalized spacial score (nSPS) is 11.8. The van der Waals surface area contributed by atoms with E-state index in [1.54, 1.807) is 0 Å². The van der Waals surface area contributed by atoms with Crippen molar-refractivity contribution in [1.82, 2.24) is 9.59 Å². The average Bonchev–Trinajstić information content (AvgIpc) is 2.71. The Kier molecular flexibility index (Phi) is 5.15. The van der Waals surface area contributed by atoms with Gasteiger partial charge in [-0.1, -0.05) is 18.3 Å². The Labute approximate surface area is 102 Å². The van der Waals surface area contributed by atoms with Crippen LogP contribution in [-0.4, -0.2) is 21.7 Å². The van der Waals surface area contributed by atoms with Crippen molar-refractivity contribution in [2.24, 2.45) is 0 Å². The van der Waals surface area contributed by atoms with E-state index < -0.39 is 0 Å². The summed E-state index contributed by atoms with van der Waals surface area (Å²) in [5.41, 5.74) is 0.825. The zero-order chi connectivity index (χ0) is 12.0. The van der Waals surface area contributed by atoms with Crippen LogP contribution in [0.3, 0.4) is 0 Å². The predicted octanol–water partition coefficient (Wildman–Crippen LogP) is 3.07. The van der Waals surface area contributed by atoms with Gasteiger partial charge < -0.3 is 10.1 Å². The first kappa shape index (κ1) is 13.4. The van der Waals surface area contributed by atoms with Crippen LogP contribution in [0.2, 0.25) is 0 Å². The number of rotatable bonds is 7. The van der Waals surface area contributed by atoms with Crippen LogP contribution in [0, 0.1) is 0 Å². The molecule has 0 spiro atoms. The highest BCUT2D eigenvalue weighted by molar-refractivity contribution is 7.10. The third-order valence-electron chi connectivity index (χ3n) is 2.54. The molecule has 0 aliphatic carbocycles. The molecule has 0 fully saturated rings. The molecule has 0 bridgehead atoms. The minimum Gasteiger partial charge on any atom is -0.374 e. The second-order valence-corrected chi connectivity index (χ2v) is 5.13. The van der Waals surface area contributed by atoms with Crippen molar-refractivity contribution in [3.8, 4) is 0 Å². The summed E-state index contributed by atoms with van der Waals surface area (Å²) in [4.78, 5) is 0. The topological polar surface area (TPSA) is 47.0 Å². The Hall–Kier alpha value is -0.680. The maximum atomic E-state index is 5.81. The van der Waals surface area contributed by atoms with Crippen molar-refractivity contribution in [2.75, 3.05) is 11.9 Å². The van der Waals surface area contributed by atoms with Crippen molar-refractivity contribution in [3.63, 3.8) is 0 Å². The van der Waals surface area contributed by atoms with Crippen molar-refractivity contribution >= 4 is 16.5 Å². The third-order valence-corrected chi connectivity index (χ3v) is 3.27. The fourth-order valence-corrected chi connectivity index (χ4v) is 1.63. The molecule has 0 saturated carbocycles. The van der Waals surface area contributed by atoms with Crippen LogP contribution < -0.4 is 5.32 Å². The smallest absolute Gasteiger partial charge is 0.135 e. The highest BCUT2D eigenvalue weighted by Gasteiger charge is 2.17. The summed E-state index contributed by atoms with van der Waals surface area (Å²) < 4.78 is 9.76. The largest absolute Gasteiger partial charge is 0.374 e. The molecule has 92 valence electrons. The maximum Gasteiger partial charge on any atom is 0.135 e. The van der Waals surface area contributed by atoms with Crippen LogP contribution in [0.5, 0.6) is 0 Å². The molecule has 16 heavy (non-hydrogen) atoms. The van der Waals surface area contributed by atoms with Gasteiger partial charge >= 0.3 is 0 Å². The molecule has 0 aromatic carbocycles. The average molecular weight is 243 g/mol. The first-order valence-electron chi connectivity index (χ1n) is 5.78. The van der Waals surface area contributed by atoms with Gasteiger partial charge in [0.25, 0.3) is 0 Å². The number of anilines is 1. The van der Waals surface area contributed by atoms with Crippen LogP contribution in [0.4, 0.5) is 5.00 Å².